The van der Waals surface area contributed by atoms with Gasteiger partial charge in [-0.3, -0.25) is 4.90 Å². The Bertz CT molecular complexity index is 672. The molecule has 1 aromatic carbocycles. The smallest absolute Gasteiger partial charge is 0.258 e. The molecule has 1 aromatic rings. The molecule has 0 aromatic heterocycles. The summed E-state index contributed by atoms with van der Waals surface area (Å²) in [6.07, 6.45) is 6.45. The van der Waals surface area contributed by atoms with E-state index in [-0.39, 0.29) is 0 Å². The molecule has 0 bridgehead atoms. The topological polar surface area (TPSA) is 12.5 Å². The van der Waals surface area contributed by atoms with E-state index in [1.165, 1.54) is 56.5 Å². The molecular formula is C26H45NOSi. The van der Waals surface area contributed by atoms with Gasteiger partial charge in [-0.15, -0.1) is 0 Å². The van der Waals surface area contributed by atoms with Crippen molar-refractivity contribution < 1.29 is 4.43 Å². The molecule has 0 amide bonds. The Morgan fingerprint density at radius 2 is 1.69 bits per heavy atom. The number of hydrogen-bond donors (Lipinski definition) is 0. The van der Waals surface area contributed by atoms with Crippen molar-refractivity contribution in [2.45, 2.75) is 110 Å². The largest absolute Gasteiger partial charge is 0.542 e. The minimum Gasteiger partial charge on any atom is -0.542 e. The fourth-order valence-corrected chi connectivity index (χ4v) is 12.0. The molecular weight excluding hydrogens is 370 g/mol. The zero-order valence-corrected chi connectivity index (χ0v) is 21.3. The van der Waals surface area contributed by atoms with Crippen LogP contribution in [0.15, 0.2) is 12.1 Å². The highest BCUT2D eigenvalue weighted by Crippen LogP contribution is 2.46. The predicted molar refractivity (Wildman–Crippen MR) is 129 cm³/mol. The molecule has 2 aliphatic rings. The zero-order chi connectivity index (χ0) is 21.3. The van der Waals surface area contributed by atoms with Crippen molar-refractivity contribution in [3.63, 3.8) is 0 Å². The lowest BCUT2D eigenvalue weighted by molar-refractivity contribution is 0.0851. The summed E-state index contributed by atoms with van der Waals surface area (Å²) in [5.41, 5.74) is 6.32. The maximum absolute atomic E-state index is 7.29. The molecule has 29 heavy (non-hydrogen) atoms. The van der Waals surface area contributed by atoms with Gasteiger partial charge in [0, 0.05) is 6.04 Å². The van der Waals surface area contributed by atoms with Crippen molar-refractivity contribution in [3.05, 3.63) is 28.8 Å². The number of likely N-dealkylation sites (tertiary alicyclic amines) is 1. The molecule has 0 radical (unpaired) electrons. The fourth-order valence-electron chi connectivity index (χ4n) is 6.67. The number of hydrogen-bond acceptors (Lipinski definition) is 2. The molecule has 164 valence electrons. The van der Waals surface area contributed by atoms with E-state index in [0.717, 1.165) is 12.0 Å². The Kier molecular flexibility index (Phi) is 7.21. The average Bonchev–Trinajstić information content (AvgIpc) is 2.65. The van der Waals surface area contributed by atoms with Gasteiger partial charge in [0.25, 0.3) is 8.32 Å². The summed E-state index contributed by atoms with van der Waals surface area (Å²) in [5.74, 6) is 2.08. The summed E-state index contributed by atoms with van der Waals surface area (Å²) in [6.45, 7) is 21.5. The number of nitrogens with zero attached hydrogens (tertiary/aromatic N) is 1. The highest BCUT2D eigenvalue weighted by Gasteiger charge is 2.48. The van der Waals surface area contributed by atoms with Crippen LogP contribution in [0.1, 0.15) is 84.4 Å². The minimum atomic E-state index is -1.94. The first kappa shape index (κ1) is 22.9. The van der Waals surface area contributed by atoms with Gasteiger partial charge in [0.1, 0.15) is 5.75 Å². The van der Waals surface area contributed by atoms with Crippen LogP contribution < -0.4 is 4.43 Å². The number of benzene rings is 1. The van der Waals surface area contributed by atoms with Gasteiger partial charge in [-0.1, -0.05) is 60.6 Å². The maximum Gasteiger partial charge on any atom is 0.258 e. The van der Waals surface area contributed by atoms with E-state index in [2.05, 4.69) is 72.4 Å². The average molecular weight is 416 g/mol. The first-order valence-corrected chi connectivity index (χ1v) is 14.4. The van der Waals surface area contributed by atoms with Gasteiger partial charge in [-0.25, -0.2) is 0 Å². The van der Waals surface area contributed by atoms with E-state index >= 15 is 0 Å². The second-order valence-corrected chi connectivity index (χ2v) is 16.1. The van der Waals surface area contributed by atoms with Gasteiger partial charge < -0.3 is 4.43 Å². The fraction of sp³-hybridized carbons (Fsp3) is 0.769. The van der Waals surface area contributed by atoms with E-state index in [9.17, 15) is 0 Å². The summed E-state index contributed by atoms with van der Waals surface area (Å²) in [5, 5.41) is 0. The molecule has 1 aliphatic carbocycles. The van der Waals surface area contributed by atoms with Gasteiger partial charge in [-0.2, -0.15) is 0 Å². The Morgan fingerprint density at radius 1 is 1.03 bits per heavy atom. The lowest BCUT2D eigenvalue weighted by Crippen LogP contribution is -2.52. The number of aryl methyl sites for hydroxylation is 1. The second-order valence-electron chi connectivity index (χ2n) is 10.7. The first-order chi connectivity index (χ1) is 13.7. The molecule has 0 N–H and O–H groups in total. The number of rotatable bonds is 7. The molecule has 0 spiro atoms. The standard InChI is InChI=1S/C26H45NOSi/c1-9-14-27-15-10-11-23-16-24-22(17-25(23)27)13-12-21(8)26(24)28-29(18(2)3,19(4)5)20(6)7/h12-13,18-20,23,25H,9-11,14-17H2,1-8H3/t23-,25-/m1/s1. The predicted octanol–water partition coefficient (Wildman–Crippen LogP) is 7.14. The van der Waals surface area contributed by atoms with Crippen LogP contribution in [0, 0.1) is 12.8 Å². The van der Waals surface area contributed by atoms with Crippen molar-refractivity contribution >= 4 is 8.32 Å². The van der Waals surface area contributed by atoms with Crippen molar-refractivity contribution in [1.29, 1.82) is 0 Å². The molecule has 2 atom stereocenters. The third-order valence-electron chi connectivity index (χ3n) is 7.98. The van der Waals surface area contributed by atoms with Crippen LogP contribution >= 0.6 is 0 Å². The van der Waals surface area contributed by atoms with E-state index in [0.29, 0.717) is 16.6 Å². The van der Waals surface area contributed by atoms with E-state index < -0.39 is 8.32 Å². The highest BCUT2D eigenvalue weighted by molar-refractivity contribution is 6.78. The lowest BCUT2D eigenvalue weighted by Gasteiger charge is -2.47. The van der Waals surface area contributed by atoms with Crippen LogP contribution in [-0.4, -0.2) is 32.3 Å². The summed E-state index contributed by atoms with van der Waals surface area (Å²) >= 11 is 0. The summed E-state index contributed by atoms with van der Waals surface area (Å²) in [7, 11) is -1.94. The molecule has 1 saturated heterocycles. The molecule has 0 saturated carbocycles. The first-order valence-electron chi connectivity index (χ1n) is 12.3. The Morgan fingerprint density at radius 3 is 2.28 bits per heavy atom. The summed E-state index contributed by atoms with van der Waals surface area (Å²) in [4.78, 5) is 2.78. The molecule has 3 rings (SSSR count). The second kappa shape index (κ2) is 9.14. The van der Waals surface area contributed by atoms with E-state index in [1.807, 2.05) is 0 Å². The third-order valence-corrected chi connectivity index (χ3v) is 14.0. The van der Waals surface area contributed by atoms with Gasteiger partial charge in [0.05, 0.1) is 0 Å². The van der Waals surface area contributed by atoms with Gasteiger partial charge >= 0.3 is 0 Å². The maximum atomic E-state index is 7.29. The minimum absolute atomic E-state index is 0.615. The van der Waals surface area contributed by atoms with Crippen LogP contribution in [0.4, 0.5) is 0 Å². The van der Waals surface area contributed by atoms with Crippen LogP contribution in [0.5, 0.6) is 5.75 Å². The zero-order valence-electron chi connectivity index (χ0n) is 20.3. The van der Waals surface area contributed by atoms with Crippen LogP contribution in [0.3, 0.4) is 0 Å². The van der Waals surface area contributed by atoms with Crippen molar-refractivity contribution in [2.24, 2.45) is 5.92 Å². The van der Waals surface area contributed by atoms with E-state index in [1.54, 1.807) is 11.1 Å². The molecule has 1 aliphatic heterocycles. The SMILES string of the molecule is CCCN1CCC[C@@H]2Cc3c(ccc(C)c3O[Si](C(C)C)(C(C)C)C(C)C)C[C@H]21. The quantitative estimate of drug-likeness (QED) is 0.439. The van der Waals surface area contributed by atoms with Gasteiger partial charge in [0.2, 0.25) is 0 Å². The normalized spacial score (nSPS) is 22.9. The molecule has 2 nitrogen and oxygen atoms in total. The van der Waals surface area contributed by atoms with Gasteiger partial charge in [-0.05, 0) is 91.3 Å². The number of piperidine rings is 1. The Balaban J connectivity index is 2.00. The van der Waals surface area contributed by atoms with Gasteiger partial charge in [0.15, 0.2) is 0 Å². The van der Waals surface area contributed by atoms with E-state index in [4.69, 9.17) is 4.43 Å². The molecule has 0 unspecified atom stereocenters. The highest BCUT2D eigenvalue weighted by atomic mass is 28.4. The molecule has 3 heteroatoms. The van der Waals surface area contributed by atoms with Crippen molar-refractivity contribution in [2.75, 3.05) is 13.1 Å². The Labute approximate surface area is 181 Å². The monoisotopic (exact) mass is 415 g/mol. The van der Waals surface area contributed by atoms with Crippen molar-refractivity contribution in [3.8, 4) is 5.75 Å². The van der Waals surface area contributed by atoms with Crippen molar-refractivity contribution in [1.82, 2.24) is 4.90 Å². The summed E-state index contributed by atoms with van der Waals surface area (Å²) < 4.78 is 7.29. The molecule has 1 heterocycles. The third kappa shape index (κ3) is 4.19. The van der Waals surface area contributed by atoms with Crippen LogP contribution in [0.25, 0.3) is 0 Å². The molecule has 1 fully saturated rings. The Hall–Kier alpha value is -0.803. The lowest BCUT2D eigenvalue weighted by atomic mass is 9.74. The number of fused-ring (bicyclic) bond motifs is 2. The summed E-state index contributed by atoms with van der Waals surface area (Å²) in [6, 6.07) is 5.49. The van der Waals surface area contributed by atoms with Crippen LogP contribution in [-0.2, 0) is 12.8 Å². The van der Waals surface area contributed by atoms with Crippen LogP contribution in [0.2, 0.25) is 16.6 Å².